The maximum absolute atomic E-state index is 12.6. The molecule has 0 saturated heterocycles. The Hall–Kier alpha value is -2.51. The van der Waals surface area contributed by atoms with Gasteiger partial charge in [-0.3, -0.25) is 0 Å². The first-order valence-corrected chi connectivity index (χ1v) is 7.16. The number of hydrogen-bond acceptors (Lipinski definition) is 5. The van der Waals surface area contributed by atoms with Crippen LogP contribution in [0.5, 0.6) is 0 Å². The first-order chi connectivity index (χ1) is 10.9. The minimum atomic E-state index is -4.36. The molecule has 0 spiro atoms. The molecule has 1 heterocycles. The number of benzene rings is 1. The highest BCUT2D eigenvalue weighted by Gasteiger charge is 2.29. The lowest BCUT2D eigenvalue weighted by molar-refractivity contribution is -0.137. The smallest absolute Gasteiger partial charge is 0.393 e. The number of anilines is 4. The van der Waals surface area contributed by atoms with Crippen LogP contribution in [0.1, 0.15) is 19.4 Å². The van der Waals surface area contributed by atoms with Gasteiger partial charge in [0.25, 0.3) is 0 Å². The van der Waals surface area contributed by atoms with Gasteiger partial charge in [0.2, 0.25) is 0 Å². The van der Waals surface area contributed by atoms with Gasteiger partial charge < -0.3 is 16.0 Å². The van der Waals surface area contributed by atoms with Gasteiger partial charge in [0, 0.05) is 18.8 Å². The average Bonchev–Trinajstić information content (AvgIpc) is 2.51. The minimum absolute atomic E-state index is 0.357. The van der Waals surface area contributed by atoms with Crippen molar-refractivity contribution in [3.05, 3.63) is 36.2 Å². The molecule has 0 fully saturated rings. The molecule has 2 aromatic rings. The Morgan fingerprint density at radius 3 is 2.22 bits per heavy atom. The van der Waals surface area contributed by atoms with Gasteiger partial charge in [-0.05, 0) is 38.1 Å². The summed E-state index contributed by atoms with van der Waals surface area (Å²) in [5, 5.41) is 2.92. The second kappa shape index (κ2) is 6.72. The second-order valence-electron chi connectivity index (χ2n) is 4.83. The van der Waals surface area contributed by atoms with Crippen LogP contribution in [0.15, 0.2) is 30.6 Å². The summed E-state index contributed by atoms with van der Waals surface area (Å²) < 4.78 is 37.7. The molecule has 124 valence electrons. The van der Waals surface area contributed by atoms with Crippen LogP contribution in [0.3, 0.4) is 0 Å². The van der Waals surface area contributed by atoms with E-state index in [1.807, 2.05) is 18.7 Å². The fourth-order valence-corrected chi connectivity index (χ4v) is 2.14. The molecule has 0 saturated carbocycles. The molecule has 1 aromatic heterocycles. The molecule has 1 aromatic carbocycles. The number of nitrogens with zero attached hydrogens (tertiary/aromatic N) is 3. The van der Waals surface area contributed by atoms with E-state index in [1.165, 1.54) is 18.5 Å². The third-order valence-corrected chi connectivity index (χ3v) is 3.40. The van der Waals surface area contributed by atoms with E-state index >= 15 is 0 Å². The molecular formula is C15H18F3N5. The maximum Gasteiger partial charge on any atom is 0.416 e. The fraction of sp³-hybridized carbons (Fsp3) is 0.333. The van der Waals surface area contributed by atoms with E-state index in [2.05, 4.69) is 15.3 Å². The minimum Gasteiger partial charge on any atom is -0.393 e. The van der Waals surface area contributed by atoms with Crippen LogP contribution in [0.25, 0.3) is 0 Å². The Bertz CT molecular complexity index is 651. The third-order valence-electron chi connectivity index (χ3n) is 3.40. The normalized spacial score (nSPS) is 11.3. The standard InChI is InChI=1S/C15H18F3N5/c1-3-23(4-2)14-12(19)13(20-9-21-14)22-11-7-5-10(6-8-11)15(16,17)18/h5-9H,3-4,19H2,1-2H3,(H,20,21,22). The van der Waals surface area contributed by atoms with E-state index < -0.39 is 11.7 Å². The van der Waals surface area contributed by atoms with Gasteiger partial charge in [0.1, 0.15) is 12.0 Å². The van der Waals surface area contributed by atoms with Crippen molar-refractivity contribution in [1.82, 2.24) is 9.97 Å². The van der Waals surface area contributed by atoms with Crippen LogP contribution < -0.4 is 16.0 Å². The summed E-state index contributed by atoms with van der Waals surface area (Å²) in [5.74, 6) is 0.959. The summed E-state index contributed by atoms with van der Waals surface area (Å²) in [4.78, 5) is 10.2. The molecule has 0 aliphatic heterocycles. The molecule has 5 nitrogen and oxygen atoms in total. The predicted molar refractivity (Wildman–Crippen MR) is 84.7 cm³/mol. The zero-order chi connectivity index (χ0) is 17.0. The quantitative estimate of drug-likeness (QED) is 0.878. The van der Waals surface area contributed by atoms with Crippen molar-refractivity contribution in [2.24, 2.45) is 0 Å². The van der Waals surface area contributed by atoms with Gasteiger partial charge in [-0.2, -0.15) is 13.2 Å². The summed E-state index contributed by atoms with van der Waals surface area (Å²) >= 11 is 0. The number of nitrogens with two attached hydrogens (primary N) is 1. The summed E-state index contributed by atoms with van der Waals surface area (Å²) in [6.07, 6.45) is -2.99. The Balaban J connectivity index is 2.25. The van der Waals surface area contributed by atoms with Crippen LogP contribution in [-0.2, 0) is 6.18 Å². The summed E-state index contributed by atoms with van der Waals surface area (Å²) in [7, 11) is 0. The number of aromatic nitrogens is 2. The Kier molecular flexibility index (Phi) is 4.92. The highest BCUT2D eigenvalue weighted by atomic mass is 19.4. The molecule has 0 bridgehead atoms. The maximum atomic E-state index is 12.6. The average molecular weight is 325 g/mol. The van der Waals surface area contributed by atoms with E-state index in [9.17, 15) is 13.2 Å². The molecule has 23 heavy (non-hydrogen) atoms. The molecule has 0 aliphatic rings. The molecule has 0 unspecified atom stereocenters. The molecule has 0 amide bonds. The molecule has 2 rings (SSSR count). The molecule has 0 atom stereocenters. The van der Waals surface area contributed by atoms with Gasteiger partial charge in [-0.25, -0.2) is 9.97 Å². The van der Waals surface area contributed by atoms with Crippen LogP contribution in [0.2, 0.25) is 0 Å². The van der Waals surface area contributed by atoms with Crippen molar-refractivity contribution < 1.29 is 13.2 Å². The Morgan fingerprint density at radius 1 is 1.09 bits per heavy atom. The molecule has 3 N–H and O–H groups in total. The van der Waals surface area contributed by atoms with Gasteiger partial charge >= 0.3 is 6.18 Å². The fourth-order valence-electron chi connectivity index (χ4n) is 2.14. The monoisotopic (exact) mass is 325 g/mol. The van der Waals surface area contributed by atoms with Crippen molar-refractivity contribution in [2.45, 2.75) is 20.0 Å². The van der Waals surface area contributed by atoms with Crippen LogP contribution >= 0.6 is 0 Å². The number of rotatable bonds is 5. The largest absolute Gasteiger partial charge is 0.416 e. The molecule has 0 aliphatic carbocycles. The van der Waals surface area contributed by atoms with E-state index in [-0.39, 0.29) is 0 Å². The van der Waals surface area contributed by atoms with Gasteiger partial charge in [0.15, 0.2) is 11.6 Å². The van der Waals surface area contributed by atoms with Crippen molar-refractivity contribution in [3.8, 4) is 0 Å². The van der Waals surface area contributed by atoms with Crippen molar-refractivity contribution in [1.29, 1.82) is 0 Å². The first-order valence-electron chi connectivity index (χ1n) is 7.16. The first kappa shape index (κ1) is 16.9. The van der Waals surface area contributed by atoms with E-state index in [0.29, 0.717) is 23.0 Å². The van der Waals surface area contributed by atoms with Crippen molar-refractivity contribution in [3.63, 3.8) is 0 Å². The lowest BCUT2D eigenvalue weighted by Crippen LogP contribution is -2.24. The number of halogens is 3. The second-order valence-corrected chi connectivity index (χ2v) is 4.83. The highest BCUT2D eigenvalue weighted by Crippen LogP contribution is 2.32. The summed E-state index contributed by atoms with van der Waals surface area (Å²) in [5.41, 5.74) is 6.19. The number of alkyl halides is 3. The molecular weight excluding hydrogens is 307 g/mol. The van der Waals surface area contributed by atoms with E-state index in [4.69, 9.17) is 5.73 Å². The number of nitrogen functional groups attached to an aromatic ring is 1. The van der Waals surface area contributed by atoms with E-state index in [0.717, 1.165) is 25.2 Å². The topological polar surface area (TPSA) is 67.1 Å². The van der Waals surface area contributed by atoms with Gasteiger partial charge in [0.05, 0.1) is 5.56 Å². The van der Waals surface area contributed by atoms with Crippen LogP contribution in [0, 0.1) is 0 Å². The zero-order valence-corrected chi connectivity index (χ0v) is 12.9. The molecule has 0 radical (unpaired) electrons. The van der Waals surface area contributed by atoms with Crippen molar-refractivity contribution >= 4 is 23.0 Å². The third kappa shape index (κ3) is 3.82. The molecule has 8 heteroatoms. The van der Waals surface area contributed by atoms with E-state index in [1.54, 1.807) is 0 Å². The highest BCUT2D eigenvalue weighted by molar-refractivity contribution is 5.78. The van der Waals surface area contributed by atoms with Gasteiger partial charge in [-0.1, -0.05) is 0 Å². The lowest BCUT2D eigenvalue weighted by Gasteiger charge is -2.22. The zero-order valence-electron chi connectivity index (χ0n) is 12.9. The Morgan fingerprint density at radius 2 is 1.70 bits per heavy atom. The van der Waals surface area contributed by atoms with Crippen LogP contribution in [0.4, 0.5) is 36.2 Å². The van der Waals surface area contributed by atoms with Gasteiger partial charge in [-0.15, -0.1) is 0 Å². The lowest BCUT2D eigenvalue weighted by atomic mass is 10.2. The predicted octanol–water partition coefficient (Wildman–Crippen LogP) is 3.67. The SMILES string of the molecule is CCN(CC)c1ncnc(Nc2ccc(C(F)(F)F)cc2)c1N. The van der Waals surface area contributed by atoms with Crippen LogP contribution in [-0.4, -0.2) is 23.1 Å². The Labute approximate surface area is 132 Å². The van der Waals surface area contributed by atoms with Crippen molar-refractivity contribution in [2.75, 3.05) is 29.0 Å². The summed E-state index contributed by atoms with van der Waals surface area (Å²) in [6, 6.07) is 4.68. The number of nitrogens with one attached hydrogen (secondary N) is 1. The summed E-state index contributed by atoms with van der Waals surface area (Å²) in [6.45, 7) is 5.43. The number of hydrogen-bond donors (Lipinski definition) is 2.